The van der Waals surface area contributed by atoms with Crippen molar-refractivity contribution >= 4 is 5.69 Å². The number of rotatable bonds is 6. The van der Waals surface area contributed by atoms with Crippen molar-refractivity contribution in [2.45, 2.75) is 32.5 Å². The van der Waals surface area contributed by atoms with Crippen molar-refractivity contribution in [2.75, 3.05) is 25.1 Å². The maximum atomic E-state index is 12.7. The van der Waals surface area contributed by atoms with E-state index in [1.54, 1.807) is 18.2 Å². The average Bonchev–Trinajstić information content (AvgIpc) is 2.35. The van der Waals surface area contributed by atoms with Crippen molar-refractivity contribution in [1.29, 1.82) is 0 Å². The van der Waals surface area contributed by atoms with Crippen molar-refractivity contribution in [1.82, 2.24) is 0 Å². The van der Waals surface area contributed by atoms with Crippen LogP contribution in [0.5, 0.6) is 5.75 Å². The molecule has 6 heteroatoms. The van der Waals surface area contributed by atoms with E-state index in [-0.39, 0.29) is 6.54 Å². The molecule has 0 amide bonds. The molecule has 0 unspecified atom stereocenters. The van der Waals surface area contributed by atoms with Gasteiger partial charge in [0.2, 0.25) is 0 Å². The number of nitrogens with zero attached hydrogens (tertiary/aromatic N) is 1. The Bertz CT molecular complexity index is 433. The van der Waals surface area contributed by atoms with Crippen molar-refractivity contribution in [3.63, 3.8) is 0 Å². The van der Waals surface area contributed by atoms with Gasteiger partial charge in [0.15, 0.2) is 0 Å². The highest BCUT2D eigenvalue weighted by Gasteiger charge is 2.32. The molecule has 1 aromatic rings. The molecule has 1 aromatic carbocycles. The number of hydrogen-bond acceptors (Lipinski definition) is 3. The normalized spacial score (nSPS) is 13.2. The molecule has 114 valence electrons. The number of methoxy groups -OCH3 is 1. The molecule has 0 saturated carbocycles. The Morgan fingerprint density at radius 3 is 2.45 bits per heavy atom. The number of aliphatic hydroxyl groups is 1. The lowest BCUT2D eigenvalue weighted by Gasteiger charge is -2.29. The fraction of sp³-hybridized carbons (Fsp3) is 0.571. The summed E-state index contributed by atoms with van der Waals surface area (Å²) in [5, 5.41) is 9.84. The van der Waals surface area contributed by atoms with Gasteiger partial charge in [-0.2, -0.15) is 13.2 Å². The van der Waals surface area contributed by atoms with Crippen LogP contribution in [0.2, 0.25) is 0 Å². The van der Waals surface area contributed by atoms with E-state index in [0.717, 1.165) is 0 Å². The molecule has 0 saturated heterocycles. The Labute approximate surface area is 117 Å². The smallest absolute Gasteiger partial charge is 0.405 e. The third kappa shape index (κ3) is 4.30. The second-order valence-electron chi connectivity index (χ2n) is 4.61. The summed E-state index contributed by atoms with van der Waals surface area (Å²) in [5.41, 5.74) is 0.742. The lowest BCUT2D eigenvalue weighted by molar-refractivity contribution is -0.119. The molecule has 0 fully saturated rings. The Hall–Kier alpha value is -1.43. The van der Waals surface area contributed by atoms with Crippen LogP contribution in [0, 0.1) is 0 Å². The molecule has 1 rings (SSSR count). The number of halogens is 3. The van der Waals surface area contributed by atoms with Crippen molar-refractivity contribution in [3.05, 3.63) is 23.8 Å². The van der Waals surface area contributed by atoms with E-state index in [1.807, 2.05) is 6.92 Å². The van der Waals surface area contributed by atoms with Gasteiger partial charge in [0, 0.05) is 17.8 Å². The summed E-state index contributed by atoms with van der Waals surface area (Å²) in [6.07, 6.45) is -4.63. The van der Waals surface area contributed by atoms with Gasteiger partial charge in [-0.05, 0) is 25.5 Å². The molecule has 0 spiro atoms. The van der Waals surface area contributed by atoms with Crippen molar-refractivity contribution in [2.24, 2.45) is 0 Å². The first-order valence-corrected chi connectivity index (χ1v) is 6.46. The standard InChI is InChI=1S/C14H20F3NO2/c1-4-8-18(9-14(15,16)17)11-6-5-7-12(20-3)13(11)10(2)19/h5-7,10,19H,4,8-9H2,1-3H3/t10-/m1/s1. The van der Waals surface area contributed by atoms with Crippen LogP contribution >= 0.6 is 0 Å². The average molecular weight is 291 g/mol. The molecular formula is C14H20F3NO2. The molecule has 3 nitrogen and oxygen atoms in total. The Morgan fingerprint density at radius 1 is 1.35 bits per heavy atom. The predicted octanol–water partition coefficient (Wildman–Crippen LogP) is 3.53. The summed E-state index contributed by atoms with van der Waals surface area (Å²) in [4.78, 5) is 1.23. The van der Waals surface area contributed by atoms with Crippen molar-refractivity contribution in [3.8, 4) is 5.75 Å². The van der Waals surface area contributed by atoms with Crippen LogP contribution in [0.3, 0.4) is 0 Å². The number of anilines is 1. The summed E-state index contributed by atoms with van der Waals surface area (Å²) in [5.74, 6) is 0.390. The third-order valence-corrected chi connectivity index (χ3v) is 2.89. The molecule has 20 heavy (non-hydrogen) atoms. The van der Waals surface area contributed by atoms with E-state index in [9.17, 15) is 18.3 Å². The monoisotopic (exact) mass is 291 g/mol. The highest BCUT2D eigenvalue weighted by atomic mass is 19.4. The molecule has 0 heterocycles. The van der Waals surface area contributed by atoms with Gasteiger partial charge in [0.05, 0.1) is 13.2 Å². The van der Waals surface area contributed by atoms with Crippen LogP contribution in [-0.4, -0.2) is 31.5 Å². The summed E-state index contributed by atoms with van der Waals surface area (Å²) in [6.45, 7) is 2.53. The van der Waals surface area contributed by atoms with Crippen LogP contribution < -0.4 is 9.64 Å². The largest absolute Gasteiger partial charge is 0.496 e. The van der Waals surface area contributed by atoms with E-state index in [4.69, 9.17) is 4.74 Å². The summed E-state index contributed by atoms with van der Waals surface area (Å²) in [6, 6.07) is 4.83. The summed E-state index contributed by atoms with van der Waals surface area (Å²) < 4.78 is 43.2. The van der Waals surface area contributed by atoms with E-state index in [1.165, 1.54) is 18.9 Å². The summed E-state index contributed by atoms with van der Waals surface area (Å²) in [7, 11) is 1.43. The Morgan fingerprint density at radius 2 is 2.00 bits per heavy atom. The number of hydrogen-bond donors (Lipinski definition) is 1. The molecule has 1 N–H and O–H groups in total. The fourth-order valence-corrected chi connectivity index (χ4v) is 2.18. The zero-order valence-electron chi connectivity index (χ0n) is 11.9. The minimum absolute atomic E-state index is 0.256. The first kappa shape index (κ1) is 16.6. The SMILES string of the molecule is CCCN(CC(F)(F)F)c1cccc(OC)c1[C@@H](C)O. The van der Waals surface area contributed by atoms with Gasteiger partial charge < -0.3 is 14.7 Å². The molecule has 0 radical (unpaired) electrons. The molecule has 0 aliphatic carbocycles. The van der Waals surface area contributed by atoms with Crippen LogP contribution in [0.1, 0.15) is 31.9 Å². The maximum Gasteiger partial charge on any atom is 0.405 e. The van der Waals surface area contributed by atoms with E-state index >= 15 is 0 Å². The molecule has 0 bridgehead atoms. The molecule has 1 atom stereocenters. The Kier molecular flexibility index (Phi) is 5.68. The number of alkyl halides is 3. The van der Waals surface area contributed by atoms with Gasteiger partial charge in [-0.1, -0.05) is 13.0 Å². The van der Waals surface area contributed by atoms with Gasteiger partial charge >= 0.3 is 6.18 Å². The van der Waals surface area contributed by atoms with E-state index in [2.05, 4.69) is 0 Å². The maximum absolute atomic E-state index is 12.7. The van der Waals surface area contributed by atoms with Crippen LogP contribution in [0.15, 0.2) is 18.2 Å². The van der Waals surface area contributed by atoms with Crippen LogP contribution in [-0.2, 0) is 0 Å². The number of aliphatic hydroxyl groups excluding tert-OH is 1. The van der Waals surface area contributed by atoms with Gasteiger partial charge in [-0.3, -0.25) is 0 Å². The Balaban J connectivity index is 3.25. The van der Waals surface area contributed by atoms with Gasteiger partial charge in [0.1, 0.15) is 12.3 Å². The predicted molar refractivity (Wildman–Crippen MR) is 72.2 cm³/mol. The van der Waals surface area contributed by atoms with Gasteiger partial charge in [-0.15, -0.1) is 0 Å². The summed E-state index contributed by atoms with van der Waals surface area (Å²) >= 11 is 0. The quantitative estimate of drug-likeness (QED) is 0.870. The van der Waals surface area contributed by atoms with Crippen LogP contribution in [0.25, 0.3) is 0 Å². The third-order valence-electron chi connectivity index (χ3n) is 2.89. The van der Waals surface area contributed by atoms with Crippen molar-refractivity contribution < 1.29 is 23.0 Å². The van der Waals surface area contributed by atoms with E-state index < -0.39 is 18.8 Å². The second-order valence-corrected chi connectivity index (χ2v) is 4.61. The topological polar surface area (TPSA) is 32.7 Å². The number of ether oxygens (including phenoxy) is 1. The van der Waals surface area contributed by atoms with E-state index in [0.29, 0.717) is 23.4 Å². The zero-order chi connectivity index (χ0) is 15.3. The number of benzene rings is 1. The fourth-order valence-electron chi connectivity index (χ4n) is 2.18. The van der Waals surface area contributed by atoms with Crippen LogP contribution in [0.4, 0.5) is 18.9 Å². The lowest BCUT2D eigenvalue weighted by atomic mass is 10.1. The molecule has 0 aliphatic rings. The lowest BCUT2D eigenvalue weighted by Crippen LogP contribution is -2.35. The second kappa shape index (κ2) is 6.83. The highest BCUT2D eigenvalue weighted by Crippen LogP contribution is 2.35. The minimum Gasteiger partial charge on any atom is -0.496 e. The molecular weight excluding hydrogens is 271 g/mol. The first-order valence-electron chi connectivity index (χ1n) is 6.46. The zero-order valence-corrected chi connectivity index (χ0v) is 11.9. The highest BCUT2D eigenvalue weighted by molar-refractivity contribution is 5.60. The van der Waals surface area contributed by atoms with Gasteiger partial charge in [-0.25, -0.2) is 0 Å². The first-order chi connectivity index (χ1) is 9.30. The molecule has 0 aliphatic heterocycles. The molecule has 0 aromatic heterocycles. The van der Waals surface area contributed by atoms with Gasteiger partial charge in [0.25, 0.3) is 0 Å². The minimum atomic E-state index is -4.30.